The smallest absolute Gasteiger partial charge is 0.256 e. The van der Waals surface area contributed by atoms with Crippen LogP contribution in [0.25, 0.3) is 0 Å². The number of nitrogens with zero attached hydrogens (tertiary/aromatic N) is 1. The van der Waals surface area contributed by atoms with Crippen LogP contribution in [-0.4, -0.2) is 26.6 Å². The van der Waals surface area contributed by atoms with Crippen LogP contribution >= 0.6 is 0 Å². The van der Waals surface area contributed by atoms with Gasteiger partial charge in [-0.05, 0) is 48.9 Å². The fourth-order valence-electron chi connectivity index (χ4n) is 3.38. The molecule has 0 unspecified atom stereocenters. The predicted octanol–water partition coefficient (Wildman–Crippen LogP) is 4.06. The molecule has 1 N–H and O–H groups in total. The van der Waals surface area contributed by atoms with Crippen LogP contribution in [-0.2, 0) is 16.6 Å². The van der Waals surface area contributed by atoms with Gasteiger partial charge in [0.15, 0.2) is 0 Å². The molecular weight excluding hydrogens is 400 g/mol. The van der Waals surface area contributed by atoms with Gasteiger partial charge in [-0.25, -0.2) is 8.42 Å². The van der Waals surface area contributed by atoms with E-state index in [1.165, 1.54) is 4.31 Å². The van der Waals surface area contributed by atoms with Crippen molar-refractivity contribution in [2.75, 3.05) is 21.9 Å². The van der Waals surface area contributed by atoms with Gasteiger partial charge in [0, 0.05) is 23.4 Å². The summed E-state index contributed by atoms with van der Waals surface area (Å²) in [6.07, 6.45) is 0.628. The zero-order valence-corrected chi connectivity index (χ0v) is 17.1. The maximum Gasteiger partial charge on any atom is 0.256 e. The van der Waals surface area contributed by atoms with Gasteiger partial charge in [0.05, 0.1) is 11.4 Å². The fraction of sp³-hybridized carbons (Fsp3) is 0.174. The molecule has 6 nitrogen and oxygen atoms in total. The molecular formula is C23H22N2O4S. The Balaban J connectivity index is 1.45. The molecule has 1 fully saturated rings. The molecule has 0 saturated carbocycles. The standard InChI is InChI=1S/C23H22N2O4S/c26-23(22-10-5-4-7-18(22)17-29-21-8-2-1-3-9-21)24-19-11-13-20(14-12-19)25-15-6-16-30(25,27)28/h1-5,7-14H,6,15-17H2,(H,24,26). The Bertz CT molecular complexity index is 1130. The Morgan fingerprint density at radius 3 is 2.33 bits per heavy atom. The van der Waals surface area contributed by atoms with Crippen molar-refractivity contribution in [2.45, 2.75) is 13.0 Å². The number of amides is 1. The molecule has 1 aliphatic heterocycles. The molecule has 3 aromatic rings. The van der Waals surface area contributed by atoms with Gasteiger partial charge in [0.25, 0.3) is 5.91 Å². The molecule has 0 radical (unpaired) electrons. The van der Waals surface area contributed by atoms with E-state index < -0.39 is 10.0 Å². The van der Waals surface area contributed by atoms with E-state index >= 15 is 0 Å². The first-order chi connectivity index (χ1) is 14.5. The van der Waals surface area contributed by atoms with E-state index in [2.05, 4.69) is 5.32 Å². The van der Waals surface area contributed by atoms with Crippen LogP contribution in [0, 0.1) is 0 Å². The van der Waals surface area contributed by atoms with Crippen molar-refractivity contribution in [1.82, 2.24) is 0 Å². The van der Waals surface area contributed by atoms with Crippen molar-refractivity contribution < 1.29 is 17.9 Å². The van der Waals surface area contributed by atoms with Crippen molar-refractivity contribution in [3.05, 3.63) is 90.0 Å². The molecule has 0 bridgehead atoms. The number of anilines is 2. The molecule has 30 heavy (non-hydrogen) atoms. The zero-order valence-electron chi connectivity index (χ0n) is 16.3. The molecule has 0 aromatic heterocycles. The largest absolute Gasteiger partial charge is 0.489 e. The van der Waals surface area contributed by atoms with E-state index in [1.807, 2.05) is 48.5 Å². The topological polar surface area (TPSA) is 75.7 Å². The lowest BCUT2D eigenvalue weighted by Crippen LogP contribution is -2.25. The summed E-state index contributed by atoms with van der Waals surface area (Å²) >= 11 is 0. The fourth-order valence-corrected chi connectivity index (χ4v) is 4.95. The lowest BCUT2D eigenvalue weighted by molar-refractivity contribution is 0.102. The van der Waals surface area contributed by atoms with Gasteiger partial charge in [0.2, 0.25) is 10.0 Å². The van der Waals surface area contributed by atoms with Gasteiger partial charge in [-0.3, -0.25) is 9.10 Å². The maximum atomic E-state index is 12.8. The number of hydrogen-bond acceptors (Lipinski definition) is 4. The van der Waals surface area contributed by atoms with Gasteiger partial charge in [0.1, 0.15) is 12.4 Å². The van der Waals surface area contributed by atoms with Crippen LogP contribution in [0.1, 0.15) is 22.3 Å². The van der Waals surface area contributed by atoms with Gasteiger partial charge < -0.3 is 10.1 Å². The van der Waals surface area contributed by atoms with E-state index in [0.717, 1.165) is 11.3 Å². The number of carbonyl (C=O) groups excluding carboxylic acids is 1. The molecule has 0 atom stereocenters. The first-order valence-corrected chi connectivity index (χ1v) is 11.3. The lowest BCUT2D eigenvalue weighted by atomic mass is 10.1. The van der Waals surface area contributed by atoms with Crippen LogP contribution in [0.5, 0.6) is 5.75 Å². The number of hydrogen-bond donors (Lipinski definition) is 1. The first kappa shape index (κ1) is 20.0. The Kier molecular flexibility index (Phi) is 5.72. The summed E-state index contributed by atoms with van der Waals surface area (Å²) in [4.78, 5) is 12.8. The summed E-state index contributed by atoms with van der Waals surface area (Å²) in [5, 5.41) is 2.87. The minimum atomic E-state index is -3.22. The minimum absolute atomic E-state index is 0.174. The number of ether oxygens (including phenoxy) is 1. The summed E-state index contributed by atoms with van der Waals surface area (Å²) in [7, 11) is -3.22. The van der Waals surface area contributed by atoms with Gasteiger partial charge in [-0.2, -0.15) is 0 Å². The Hall–Kier alpha value is -3.32. The molecule has 1 aliphatic rings. The summed E-state index contributed by atoms with van der Waals surface area (Å²) in [5.74, 6) is 0.664. The quantitative estimate of drug-likeness (QED) is 0.650. The third-order valence-electron chi connectivity index (χ3n) is 4.91. The summed E-state index contributed by atoms with van der Waals surface area (Å²) < 4.78 is 31.3. The highest BCUT2D eigenvalue weighted by Gasteiger charge is 2.28. The van der Waals surface area contributed by atoms with E-state index in [4.69, 9.17) is 4.74 Å². The number of carbonyl (C=O) groups is 1. The van der Waals surface area contributed by atoms with Crippen molar-refractivity contribution in [3.63, 3.8) is 0 Å². The number of rotatable bonds is 6. The summed E-state index contributed by atoms with van der Waals surface area (Å²) in [6, 6.07) is 23.6. The summed E-state index contributed by atoms with van der Waals surface area (Å²) in [6.45, 7) is 0.766. The molecule has 1 heterocycles. The van der Waals surface area contributed by atoms with Crippen LogP contribution in [0.2, 0.25) is 0 Å². The monoisotopic (exact) mass is 422 g/mol. The van der Waals surface area contributed by atoms with Crippen molar-refractivity contribution >= 4 is 27.3 Å². The molecule has 7 heteroatoms. The van der Waals surface area contributed by atoms with Gasteiger partial charge in [-0.1, -0.05) is 36.4 Å². The molecule has 4 rings (SSSR count). The van der Waals surface area contributed by atoms with Gasteiger partial charge >= 0.3 is 0 Å². The van der Waals surface area contributed by atoms with E-state index in [0.29, 0.717) is 29.9 Å². The van der Waals surface area contributed by atoms with Crippen LogP contribution in [0.15, 0.2) is 78.9 Å². The van der Waals surface area contributed by atoms with E-state index in [-0.39, 0.29) is 18.3 Å². The van der Waals surface area contributed by atoms with Crippen LogP contribution < -0.4 is 14.4 Å². The van der Waals surface area contributed by atoms with E-state index in [1.54, 1.807) is 30.3 Å². The highest BCUT2D eigenvalue weighted by molar-refractivity contribution is 7.93. The van der Waals surface area contributed by atoms with Crippen molar-refractivity contribution in [3.8, 4) is 5.75 Å². The molecule has 1 saturated heterocycles. The number of sulfonamides is 1. The average Bonchev–Trinajstić information content (AvgIpc) is 3.12. The highest BCUT2D eigenvalue weighted by Crippen LogP contribution is 2.25. The number of para-hydroxylation sites is 1. The lowest BCUT2D eigenvalue weighted by Gasteiger charge is -2.17. The second kappa shape index (κ2) is 8.59. The molecule has 3 aromatic carbocycles. The minimum Gasteiger partial charge on any atom is -0.489 e. The summed E-state index contributed by atoms with van der Waals surface area (Å²) in [5.41, 5.74) is 2.51. The van der Waals surface area contributed by atoms with Crippen molar-refractivity contribution in [2.24, 2.45) is 0 Å². The van der Waals surface area contributed by atoms with Gasteiger partial charge in [-0.15, -0.1) is 0 Å². The number of benzene rings is 3. The zero-order chi connectivity index (χ0) is 21.0. The molecule has 0 aliphatic carbocycles. The number of nitrogens with one attached hydrogen (secondary N) is 1. The third kappa shape index (κ3) is 4.46. The average molecular weight is 423 g/mol. The molecule has 0 spiro atoms. The second-order valence-corrected chi connectivity index (χ2v) is 9.01. The Labute approximate surface area is 176 Å². The Morgan fingerprint density at radius 2 is 1.63 bits per heavy atom. The first-order valence-electron chi connectivity index (χ1n) is 9.70. The van der Waals surface area contributed by atoms with E-state index in [9.17, 15) is 13.2 Å². The third-order valence-corrected chi connectivity index (χ3v) is 6.78. The van der Waals surface area contributed by atoms with Crippen molar-refractivity contribution in [1.29, 1.82) is 0 Å². The SMILES string of the molecule is O=C(Nc1ccc(N2CCCS2(=O)=O)cc1)c1ccccc1COc1ccccc1. The van der Waals surface area contributed by atoms with Crippen LogP contribution in [0.4, 0.5) is 11.4 Å². The molecule has 154 valence electrons. The molecule has 1 amide bonds. The highest BCUT2D eigenvalue weighted by atomic mass is 32.2. The maximum absolute atomic E-state index is 12.8. The normalized spacial score (nSPS) is 15.0. The second-order valence-electron chi connectivity index (χ2n) is 7.00. The van der Waals surface area contributed by atoms with Crippen LogP contribution in [0.3, 0.4) is 0 Å². The Morgan fingerprint density at radius 1 is 0.933 bits per heavy atom. The predicted molar refractivity (Wildman–Crippen MR) is 117 cm³/mol.